The number of carboxylic acid groups (broad SMARTS) is 1. The van der Waals surface area contributed by atoms with Gasteiger partial charge in [-0.15, -0.1) is 5.16 Å². The van der Waals surface area contributed by atoms with Crippen LogP contribution in [-0.2, 0) is 0 Å². The highest BCUT2D eigenvalue weighted by molar-refractivity contribution is 5.67. The fourth-order valence-corrected chi connectivity index (χ4v) is 1.27. The molecule has 0 aliphatic rings. The summed E-state index contributed by atoms with van der Waals surface area (Å²) >= 11 is 0. The van der Waals surface area contributed by atoms with Crippen molar-refractivity contribution in [3.8, 4) is 0 Å². The zero-order valence-corrected chi connectivity index (χ0v) is 8.00. The molecule has 0 saturated heterocycles. The molecule has 5 nitrogen and oxygen atoms in total. The Balaban J connectivity index is 2.76. The molecule has 0 bridgehead atoms. The van der Waals surface area contributed by atoms with E-state index in [0.29, 0.717) is 6.42 Å². The molecule has 0 aliphatic heterocycles. The van der Waals surface area contributed by atoms with Crippen LogP contribution in [0.5, 0.6) is 0 Å². The standard InChI is InChI=1S/C10H12N2O3/c13-10(14)12-9(6-7-11-15)8-4-2-1-3-5-8/h1-5,7,9,12,15H,6H2,(H,13,14). The zero-order chi connectivity index (χ0) is 11.1. The van der Waals surface area contributed by atoms with Gasteiger partial charge in [0.1, 0.15) is 0 Å². The largest absolute Gasteiger partial charge is 0.465 e. The van der Waals surface area contributed by atoms with E-state index < -0.39 is 6.09 Å². The summed E-state index contributed by atoms with van der Waals surface area (Å²) in [6.45, 7) is 0. The number of benzene rings is 1. The monoisotopic (exact) mass is 208 g/mol. The Kier molecular flexibility index (Phi) is 4.15. The Labute approximate surface area is 87.0 Å². The fraction of sp³-hybridized carbons (Fsp3) is 0.200. The first-order valence-corrected chi connectivity index (χ1v) is 4.44. The lowest BCUT2D eigenvalue weighted by atomic mass is 10.0. The first-order chi connectivity index (χ1) is 7.24. The molecule has 0 radical (unpaired) electrons. The maximum Gasteiger partial charge on any atom is 0.405 e. The third-order valence-corrected chi connectivity index (χ3v) is 1.92. The van der Waals surface area contributed by atoms with Crippen molar-refractivity contribution in [2.45, 2.75) is 12.5 Å². The molecular weight excluding hydrogens is 196 g/mol. The first-order valence-electron chi connectivity index (χ1n) is 4.44. The van der Waals surface area contributed by atoms with Crippen molar-refractivity contribution in [1.29, 1.82) is 0 Å². The normalized spacial score (nSPS) is 12.5. The summed E-state index contributed by atoms with van der Waals surface area (Å²) in [6.07, 6.45) is 0.468. The second-order valence-electron chi connectivity index (χ2n) is 2.95. The third kappa shape index (κ3) is 3.68. The molecule has 0 heterocycles. The van der Waals surface area contributed by atoms with E-state index >= 15 is 0 Å². The number of hydrogen-bond acceptors (Lipinski definition) is 3. The summed E-state index contributed by atoms with van der Waals surface area (Å²) in [7, 11) is 0. The molecule has 1 aromatic rings. The van der Waals surface area contributed by atoms with Crippen LogP contribution in [0, 0.1) is 0 Å². The van der Waals surface area contributed by atoms with Crippen LogP contribution in [0.15, 0.2) is 35.5 Å². The summed E-state index contributed by atoms with van der Waals surface area (Å²) in [5.74, 6) is 0. The van der Waals surface area contributed by atoms with Gasteiger partial charge in [0.15, 0.2) is 0 Å². The summed E-state index contributed by atoms with van der Waals surface area (Å²) in [5.41, 5.74) is 0.833. The molecule has 80 valence electrons. The van der Waals surface area contributed by atoms with Crippen LogP contribution in [0.3, 0.4) is 0 Å². The number of oxime groups is 1. The molecule has 1 rings (SSSR count). The van der Waals surface area contributed by atoms with E-state index in [1.165, 1.54) is 6.21 Å². The maximum atomic E-state index is 10.5. The highest BCUT2D eigenvalue weighted by Crippen LogP contribution is 2.14. The molecule has 0 fully saturated rings. The van der Waals surface area contributed by atoms with Crippen molar-refractivity contribution in [2.75, 3.05) is 0 Å². The zero-order valence-electron chi connectivity index (χ0n) is 8.00. The van der Waals surface area contributed by atoms with E-state index in [0.717, 1.165) is 5.56 Å². The lowest BCUT2D eigenvalue weighted by Crippen LogP contribution is -2.26. The van der Waals surface area contributed by atoms with Crippen molar-refractivity contribution in [3.05, 3.63) is 35.9 Å². The van der Waals surface area contributed by atoms with Crippen LogP contribution >= 0.6 is 0 Å². The van der Waals surface area contributed by atoms with Crippen molar-refractivity contribution < 1.29 is 15.1 Å². The average Bonchev–Trinajstić information content (AvgIpc) is 2.25. The van der Waals surface area contributed by atoms with Crippen molar-refractivity contribution >= 4 is 12.3 Å². The van der Waals surface area contributed by atoms with E-state index in [1.807, 2.05) is 30.3 Å². The molecule has 15 heavy (non-hydrogen) atoms. The van der Waals surface area contributed by atoms with E-state index in [2.05, 4.69) is 10.5 Å². The van der Waals surface area contributed by atoms with E-state index in [4.69, 9.17) is 10.3 Å². The molecule has 1 amide bonds. The van der Waals surface area contributed by atoms with E-state index in [-0.39, 0.29) is 6.04 Å². The number of rotatable bonds is 4. The van der Waals surface area contributed by atoms with Gasteiger partial charge in [0.05, 0.1) is 6.04 Å². The Morgan fingerprint density at radius 3 is 2.67 bits per heavy atom. The molecule has 0 spiro atoms. The second kappa shape index (κ2) is 5.64. The molecule has 1 aromatic carbocycles. The summed E-state index contributed by atoms with van der Waals surface area (Å²) in [5, 5.41) is 22.1. The number of amides is 1. The van der Waals surface area contributed by atoms with E-state index in [1.54, 1.807) is 0 Å². The topological polar surface area (TPSA) is 81.9 Å². The molecule has 5 heteroatoms. The van der Waals surface area contributed by atoms with Crippen LogP contribution < -0.4 is 5.32 Å². The minimum absolute atomic E-state index is 0.312. The van der Waals surface area contributed by atoms with Gasteiger partial charge in [0.25, 0.3) is 0 Å². The smallest absolute Gasteiger partial charge is 0.405 e. The highest BCUT2D eigenvalue weighted by atomic mass is 16.4. The second-order valence-corrected chi connectivity index (χ2v) is 2.95. The van der Waals surface area contributed by atoms with Crippen LogP contribution in [0.1, 0.15) is 18.0 Å². The highest BCUT2D eigenvalue weighted by Gasteiger charge is 2.11. The van der Waals surface area contributed by atoms with Gasteiger partial charge in [0, 0.05) is 12.6 Å². The number of hydrogen-bond donors (Lipinski definition) is 3. The molecule has 0 saturated carbocycles. The molecule has 3 N–H and O–H groups in total. The van der Waals surface area contributed by atoms with Crippen LogP contribution in [-0.4, -0.2) is 22.6 Å². The van der Waals surface area contributed by atoms with Gasteiger partial charge in [0.2, 0.25) is 0 Å². The predicted octanol–water partition coefficient (Wildman–Crippen LogP) is 1.85. The molecule has 1 atom stereocenters. The first kappa shape index (κ1) is 11.0. The van der Waals surface area contributed by atoms with Gasteiger partial charge < -0.3 is 15.6 Å². The molecular formula is C10H12N2O3. The van der Waals surface area contributed by atoms with Gasteiger partial charge in [-0.3, -0.25) is 0 Å². The summed E-state index contributed by atoms with van der Waals surface area (Å²) < 4.78 is 0. The van der Waals surface area contributed by atoms with Gasteiger partial charge in [-0.1, -0.05) is 30.3 Å². The Bertz CT molecular complexity index is 338. The van der Waals surface area contributed by atoms with Gasteiger partial charge >= 0.3 is 6.09 Å². The van der Waals surface area contributed by atoms with Crippen LogP contribution in [0.25, 0.3) is 0 Å². The lowest BCUT2D eigenvalue weighted by Gasteiger charge is -2.14. The minimum Gasteiger partial charge on any atom is -0.465 e. The van der Waals surface area contributed by atoms with Gasteiger partial charge in [-0.05, 0) is 5.56 Å². The third-order valence-electron chi connectivity index (χ3n) is 1.92. The number of nitrogens with one attached hydrogen (secondary N) is 1. The minimum atomic E-state index is -1.10. The van der Waals surface area contributed by atoms with E-state index in [9.17, 15) is 4.79 Å². The van der Waals surface area contributed by atoms with Crippen molar-refractivity contribution in [3.63, 3.8) is 0 Å². The molecule has 0 aromatic heterocycles. The van der Waals surface area contributed by atoms with Gasteiger partial charge in [-0.2, -0.15) is 0 Å². The Hall–Kier alpha value is -2.04. The van der Waals surface area contributed by atoms with Crippen molar-refractivity contribution in [1.82, 2.24) is 5.32 Å². The van der Waals surface area contributed by atoms with Crippen LogP contribution in [0.2, 0.25) is 0 Å². The summed E-state index contributed by atoms with van der Waals surface area (Å²) in [4.78, 5) is 10.5. The van der Waals surface area contributed by atoms with Gasteiger partial charge in [-0.25, -0.2) is 4.79 Å². The molecule has 1 unspecified atom stereocenters. The maximum absolute atomic E-state index is 10.5. The summed E-state index contributed by atoms with van der Waals surface area (Å²) in [6, 6.07) is 8.72. The fourth-order valence-electron chi connectivity index (χ4n) is 1.27. The molecule has 0 aliphatic carbocycles. The SMILES string of the molecule is O=C(O)NC(CC=NO)c1ccccc1. The van der Waals surface area contributed by atoms with Crippen LogP contribution in [0.4, 0.5) is 4.79 Å². The Morgan fingerprint density at radius 2 is 2.13 bits per heavy atom. The quantitative estimate of drug-likeness (QED) is 0.401. The number of nitrogens with zero attached hydrogens (tertiary/aromatic N) is 1. The Morgan fingerprint density at radius 1 is 1.47 bits per heavy atom. The average molecular weight is 208 g/mol. The number of carbonyl (C=O) groups is 1. The predicted molar refractivity (Wildman–Crippen MR) is 55.2 cm³/mol. The lowest BCUT2D eigenvalue weighted by molar-refractivity contribution is 0.190. The van der Waals surface area contributed by atoms with Crippen molar-refractivity contribution in [2.24, 2.45) is 5.16 Å².